The van der Waals surface area contributed by atoms with Gasteiger partial charge in [-0.05, 0) is 34.7 Å². The Bertz CT molecular complexity index is 594. The number of sulfonamides is 1. The van der Waals surface area contributed by atoms with E-state index in [1.54, 1.807) is 0 Å². The van der Waals surface area contributed by atoms with Crippen molar-refractivity contribution in [3.05, 3.63) is 16.5 Å². The Kier molecular flexibility index (Phi) is 4.03. The van der Waals surface area contributed by atoms with Gasteiger partial charge in [0.2, 0.25) is 15.8 Å². The smallest absolute Gasteiger partial charge is 0.371 e. The zero-order valence-electron chi connectivity index (χ0n) is 10.2. The molecule has 0 saturated heterocycles. The Balaban J connectivity index is 2.26. The third-order valence-corrected chi connectivity index (χ3v) is 5.67. The molecule has 6 nitrogen and oxygen atoms in total. The van der Waals surface area contributed by atoms with E-state index in [1.807, 2.05) is 6.92 Å². The van der Waals surface area contributed by atoms with Crippen molar-refractivity contribution in [2.24, 2.45) is 5.92 Å². The van der Waals surface area contributed by atoms with Crippen LogP contribution in [0.25, 0.3) is 0 Å². The lowest BCUT2D eigenvalue weighted by molar-refractivity contribution is 0.0661. The summed E-state index contributed by atoms with van der Waals surface area (Å²) in [5.74, 6) is -1.44. The van der Waals surface area contributed by atoms with Gasteiger partial charge in [0, 0.05) is 12.1 Å². The Labute approximate surface area is 119 Å². The molecule has 1 aromatic heterocycles. The number of hydrogen-bond donors (Lipinski definition) is 2. The van der Waals surface area contributed by atoms with Gasteiger partial charge in [0.15, 0.2) is 4.67 Å². The highest BCUT2D eigenvalue weighted by Crippen LogP contribution is 2.30. The van der Waals surface area contributed by atoms with Gasteiger partial charge in [0.05, 0.1) is 0 Å². The molecule has 0 spiro atoms. The number of aromatic carboxylic acids is 1. The first-order valence-corrected chi connectivity index (χ1v) is 8.14. The third kappa shape index (κ3) is 3.01. The van der Waals surface area contributed by atoms with Crippen LogP contribution in [0.3, 0.4) is 0 Å². The van der Waals surface area contributed by atoms with Gasteiger partial charge in [-0.1, -0.05) is 13.3 Å². The van der Waals surface area contributed by atoms with Crippen molar-refractivity contribution in [2.75, 3.05) is 0 Å². The zero-order chi connectivity index (χ0) is 14.2. The zero-order valence-corrected chi connectivity index (χ0v) is 12.6. The minimum absolute atomic E-state index is 0.0944. The number of hydrogen-bond acceptors (Lipinski definition) is 4. The van der Waals surface area contributed by atoms with E-state index in [1.165, 1.54) is 0 Å². The molecule has 106 valence electrons. The Morgan fingerprint density at radius 1 is 1.53 bits per heavy atom. The fraction of sp³-hybridized carbons (Fsp3) is 0.545. The van der Waals surface area contributed by atoms with Crippen LogP contribution in [-0.4, -0.2) is 25.5 Å². The molecule has 0 aromatic carbocycles. The maximum absolute atomic E-state index is 12.2. The lowest BCUT2D eigenvalue weighted by Gasteiger charge is -2.16. The number of rotatable bonds is 4. The monoisotopic (exact) mass is 351 g/mol. The van der Waals surface area contributed by atoms with Gasteiger partial charge in [0.1, 0.15) is 4.90 Å². The Morgan fingerprint density at radius 3 is 2.68 bits per heavy atom. The number of carboxylic acid groups (broad SMARTS) is 1. The number of carboxylic acids is 1. The molecule has 1 saturated carbocycles. The molecule has 2 unspecified atom stereocenters. The summed E-state index contributed by atoms with van der Waals surface area (Å²) in [7, 11) is -3.77. The topological polar surface area (TPSA) is 96.6 Å². The van der Waals surface area contributed by atoms with Crippen LogP contribution in [0.15, 0.2) is 20.0 Å². The summed E-state index contributed by atoms with van der Waals surface area (Å²) in [6.45, 7) is 1.99. The minimum Gasteiger partial charge on any atom is -0.475 e. The maximum atomic E-state index is 12.2. The summed E-state index contributed by atoms with van der Waals surface area (Å²) in [5.41, 5.74) is 0. The standard InChI is InChI=1S/C11H14BrNO5S/c1-6-3-2-4-7(6)13-19(16,17)9-5-8(11(14)15)18-10(9)12/h5-7,13H,2-4H2,1H3,(H,14,15). The van der Waals surface area contributed by atoms with E-state index >= 15 is 0 Å². The molecule has 1 heterocycles. The van der Waals surface area contributed by atoms with Crippen LogP contribution in [0.2, 0.25) is 0 Å². The summed E-state index contributed by atoms with van der Waals surface area (Å²) in [6, 6.07) is 0.897. The molecule has 2 rings (SSSR count). The highest BCUT2D eigenvalue weighted by molar-refractivity contribution is 9.10. The van der Waals surface area contributed by atoms with Crippen molar-refractivity contribution in [3.63, 3.8) is 0 Å². The summed E-state index contributed by atoms with van der Waals surface area (Å²) in [5, 5.41) is 8.78. The van der Waals surface area contributed by atoms with Crippen LogP contribution in [0, 0.1) is 5.92 Å². The highest BCUT2D eigenvalue weighted by atomic mass is 79.9. The van der Waals surface area contributed by atoms with Gasteiger partial charge in [-0.2, -0.15) is 0 Å². The predicted octanol–water partition coefficient (Wildman–Crippen LogP) is 2.21. The first-order valence-electron chi connectivity index (χ1n) is 5.86. The SMILES string of the molecule is CC1CCCC1NS(=O)(=O)c1cc(C(=O)O)oc1Br. The maximum Gasteiger partial charge on any atom is 0.371 e. The van der Waals surface area contributed by atoms with Crippen LogP contribution in [0.1, 0.15) is 36.7 Å². The van der Waals surface area contributed by atoms with Gasteiger partial charge < -0.3 is 9.52 Å². The van der Waals surface area contributed by atoms with Crippen molar-refractivity contribution >= 4 is 31.9 Å². The summed E-state index contributed by atoms with van der Waals surface area (Å²) < 4.78 is 31.8. The van der Waals surface area contributed by atoms with Crippen LogP contribution < -0.4 is 4.72 Å². The molecule has 1 aliphatic carbocycles. The number of halogens is 1. The van der Waals surface area contributed by atoms with Crippen molar-refractivity contribution in [1.82, 2.24) is 4.72 Å². The van der Waals surface area contributed by atoms with Gasteiger partial charge in [-0.25, -0.2) is 17.9 Å². The van der Waals surface area contributed by atoms with Crippen LogP contribution >= 0.6 is 15.9 Å². The van der Waals surface area contributed by atoms with Crippen LogP contribution in [-0.2, 0) is 10.0 Å². The fourth-order valence-corrected chi connectivity index (χ4v) is 4.54. The van der Waals surface area contributed by atoms with Crippen molar-refractivity contribution in [3.8, 4) is 0 Å². The van der Waals surface area contributed by atoms with E-state index in [0.29, 0.717) is 0 Å². The molecule has 0 aliphatic heterocycles. The Hall–Kier alpha value is -0.860. The van der Waals surface area contributed by atoms with Crippen molar-refractivity contribution < 1.29 is 22.7 Å². The fourth-order valence-electron chi connectivity index (χ4n) is 2.22. The number of nitrogens with one attached hydrogen (secondary N) is 1. The molecule has 2 atom stereocenters. The van der Waals surface area contributed by atoms with E-state index in [0.717, 1.165) is 25.3 Å². The molecule has 1 aromatic rings. The average molecular weight is 352 g/mol. The molecule has 1 aliphatic rings. The lowest BCUT2D eigenvalue weighted by atomic mass is 10.1. The van der Waals surface area contributed by atoms with Gasteiger partial charge in [0.25, 0.3) is 0 Å². The van der Waals surface area contributed by atoms with Gasteiger partial charge in [-0.15, -0.1) is 0 Å². The second-order valence-corrected chi connectivity index (χ2v) is 7.09. The highest BCUT2D eigenvalue weighted by Gasteiger charge is 2.31. The number of carbonyl (C=O) groups is 1. The lowest BCUT2D eigenvalue weighted by Crippen LogP contribution is -2.36. The molecular weight excluding hydrogens is 338 g/mol. The summed E-state index contributed by atoms with van der Waals surface area (Å²) >= 11 is 2.94. The quantitative estimate of drug-likeness (QED) is 0.866. The van der Waals surface area contributed by atoms with E-state index in [4.69, 9.17) is 9.52 Å². The minimum atomic E-state index is -3.77. The number of furan rings is 1. The normalized spacial score (nSPS) is 23.7. The van der Waals surface area contributed by atoms with Crippen molar-refractivity contribution in [1.29, 1.82) is 0 Å². The summed E-state index contributed by atoms with van der Waals surface area (Å²) in [4.78, 5) is 10.6. The molecule has 1 fully saturated rings. The second-order valence-electron chi connectivity index (χ2n) is 4.69. The average Bonchev–Trinajstić information content (AvgIpc) is 2.86. The molecule has 0 radical (unpaired) electrons. The largest absolute Gasteiger partial charge is 0.475 e. The van der Waals surface area contributed by atoms with E-state index in [2.05, 4.69) is 20.7 Å². The first-order chi connectivity index (χ1) is 8.81. The molecule has 8 heteroatoms. The third-order valence-electron chi connectivity index (χ3n) is 3.32. The first kappa shape index (κ1) is 14.5. The molecule has 0 amide bonds. The van der Waals surface area contributed by atoms with Crippen LogP contribution in [0.4, 0.5) is 0 Å². The van der Waals surface area contributed by atoms with Gasteiger partial charge in [-0.3, -0.25) is 0 Å². The van der Waals surface area contributed by atoms with E-state index in [-0.39, 0.29) is 21.5 Å². The predicted molar refractivity (Wildman–Crippen MR) is 70.5 cm³/mol. The molecule has 2 N–H and O–H groups in total. The van der Waals surface area contributed by atoms with Gasteiger partial charge >= 0.3 is 5.97 Å². The molecule has 0 bridgehead atoms. The Morgan fingerprint density at radius 2 is 2.21 bits per heavy atom. The van der Waals surface area contributed by atoms with Crippen LogP contribution in [0.5, 0.6) is 0 Å². The summed E-state index contributed by atoms with van der Waals surface area (Å²) in [6.07, 6.45) is 2.77. The van der Waals surface area contributed by atoms with E-state index < -0.39 is 21.8 Å². The van der Waals surface area contributed by atoms with E-state index in [9.17, 15) is 13.2 Å². The second kappa shape index (κ2) is 5.26. The molecule has 19 heavy (non-hydrogen) atoms. The molecular formula is C11H14BrNO5S. The van der Waals surface area contributed by atoms with Crippen molar-refractivity contribution in [2.45, 2.75) is 37.1 Å².